The number of nitrogens with zero attached hydrogens (tertiary/aromatic N) is 2. The van der Waals surface area contributed by atoms with Gasteiger partial charge in [0.25, 0.3) is 11.8 Å². The first-order valence-electron chi connectivity index (χ1n) is 11.3. The number of carbonyl (C=O) groups excluding carboxylic acids is 2. The molecule has 0 saturated carbocycles. The lowest BCUT2D eigenvalue weighted by molar-refractivity contribution is -0.121. The molecular formula is C25H18BrN5O5S4. The molecule has 0 bridgehead atoms. The number of amides is 2. The van der Waals surface area contributed by atoms with Crippen molar-refractivity contribution in [2.75, 3.05) is 17.3 Å². The van der Waals surface area contributed by atoms with Crippen LogP contribution in [0.3, 0.4) is 0 Å². The molecule has 5 rings (SSSR count). The number of nitrogens with one attached hydrogen (secondary N) is 2. The van der Waals surface area contributed by atoms with Crippen LogP contribution in [0.5, 0.6) is 5.75 Å². The Morgan fingerprint density at radius 2 is 1.90 bits per heavy atom. The largest absolute Gasteiger partial charge is 0.483 e. The molecule has 0 atom stereocenters. The standard InChI is InChI=1S/C25H18BrN5O5S4/c26-15-5-10-19(36-13-22(32)28-16-6-8-17(9-7-16)40(27,34)35)14(11-15)12-21-23(33)31(25(37)39-21)30-24-29-18-3-1-2-4-20(18)38-24/h1-12H,13H2,(H,28,32)(H,29,30)(H2,27,34,35)/b21-12-. The van der Waals surface area contributed by atoms with E-state index in [0.717, 1.165) is 26.5 Å². The fraction of sp³-hybridized carbons (Fsp3) is 0.0400. The lowest BCUT2D eigenvalue weighted by atomic mass is 10.2. The van der Waals surface area contributed by atoms with Crippen molar-refractivity contribution < 1.29 is 22.7 Å². The number of fused-ring (bicyclic) bond motifs is 1. The number of aromatic nitrogens is 1. The number of primary sulfonamides is 1. The van der Waals surface area contributed by atoms with Gasteiger partial charge in [0.1, 0.15) is 5.75 Å². The highest BCUT2D eigenvalue weighted by molar-refractivity contribution is 9.10. The number of anilines is 2. The molecular weight excluding hydrogens is 658 g/mol. The van der Waals surface area contributed by atoms with E-state index in [1.165, 1.54) is 40.6 Å². The number of hydrogen-bond acceptors (Lipinski definition) is 10. The van der Waals surface area contributed by atoms with Gasteiger partial charge in [-0.05, 0) is 72.9 Å². The van der Waals surface area contributed by atoms with Crippen molar-refractivity contribution in [3.63, 3.8) is 0 Å². The number of carbonyl (C=O) groups is 2. The second-order valence-corrected chi connectivity index (χ2v) is 13.4. The van der Waals surface area contributed by atoms with Gasteiger partial charge in [-0.2, -0.15) is 5.01 Å². The predicted octanol–water partition coefficient (Wildman–Crippen LogP) is 4.95. The minimum Gasteiger partial charge on any atom is -0.483 e. The van der Waals surface area contributed by atoms with Gasteiger partial charge in [0.05, 0.1) is 20.0 Å². The van der Waals surface area contributed by atoms with Crippen LogP contribution >= 0.6 is 51.2 Å². The summed E-state index contributed by atoms with van der Waals surface area (Å²) in [5, 5.41) is 9.53. The van der Waals surface area contributed by atoms with Gasteiger partial charge in [0, 0.05) is 15.7 Å². The van der Waals surface area contributed by atoms with Crippen LogP contribution in [0.15, 0.2) is 81.0 Å². The van der Waals surface area contributed by atoms with E-state index in [-0.39, 0.29) is 17.4 Å². The molecule has 2 amide bonds. The monoisotopic (exact) mass is 675 g/mol. The molecule has 1 aliphatic heterocycles. The molecule has 0 unspecified atom stereocenters. The first kappa shape index (κ1) is 28.2. The van der Waals surface area contributed by atoms with Crippen molar-refractivity contribution >= 4 is 105 Å². The summed E-state index contributed by atoms with van der Waals surface area (Å²) in [6, 6.07) is 18.3. The van der Waals surface area contributed by atoms with Crippen LogP contribution in [-0.4, -0.2) is 41.2 Å². The van der Waals surface area contributed by atoms with Crippen molar-refractivity contribution in [2.45, 2.75) is 4.90 Å². The molecule has 4 aromatic rings. The Balaban J connectivity index is 1.27. The van der Waals surface area contributed by atoms with Crippen LogP contribution in [0.2, 0.25) is 0 Å². The lowest BCUT2D eigenvalue weighted by Crippen LogP contribution is -2.33. The Bertz CT molecular complexity index is 1760. The molecule has 40 heavy (non-hydrogen) atoms. The molecule has 1 saturated heterocycles. The average molecular weight is 677 g/mol. The zero-order valence-corrected chi connectivity index (χ0v) is 25.0. The Hall–Kier alpha value is -3.34. The van der Waals surface area contributed by atoms with E-state index in [4.69, 9.17) is 22.1 Å². The summed E-state index contributed by atoms with van der Waals surface area (Å²) >= 11 is 11.4. The molecule has 0 spiro atoms. The van der Waals surface area contributed by atoms with E-state index in [0.29, 0.717) is 31.4 Å². The number of thioether (sulfide) groups is 1. The van der Waals surface area contributed by atoms with E-state index in [9.17, 15) is 18.0 Å². The van der Waals surface area contributed by atoms with E-state index < -0.39 is 15.9 Å². The van der Waals surface area contributed by atoms with Crippen LogP contribution in [0.1, 0.15) is 5.56 Å². The van der Waals surface area contributed by atoms with Gasteiger partial charge in [-0.25, -0.2) is 18.5 Å². The van der Waals surface area contributed by atoms with Gasteiger partial charge < -0.3 is 10.1 Å². The maximum absolute atomic E-state index is 13.2. The molecule has 1 fully saturated rings. The van der Waals surface area contributed by atoms with Crippen molar-refractivity contribution in [3.8, 4) is 5.75 Å². The minimum absolute atomic E-state index is 0.0676. The average Bonchev–Trinajstić information content (AvgIpc) is 3.43. The van der Waals surface area contributed by atoms with Gasteiger partial charge >= 0.3 is 0 Å². The smallest absolute Gasteiger partial charge is 0.285 e. The maximum atomic E-state index is 13.2. The maximum Gasteiger partial charge on any atom is 0.285 e. The number of thiocarbonyl (C=S) groups is 1. The number of hydrogen-bond donors (Lipinski definition) is 3. The fourth-order valence-corrected chi connectivity index (χ4v) is 6.47. The Labute approximate surface area is 250 Å². The summed E-state index contributed by atoms with van der Waals surface area (Å²) in [4.78, 5) is 30.4. The molecule has 15 heteroatoms. The summed E-state index contributed by atoms with van der Waals surface area (Å²) in [5.74, 6) is -0.447. The highest BCUT2D eigenvalue weighted by Gasteiger charge is 2.33. The van der Waals surface area contributed by atoms with Gasteiger partial charge in [-0.1, -0.05) is 51.2 Å². The third-order valence-corrected chi connectivity index (χ3v) is 9.04. The zero-order valence-electron chi connectivity index (χ0n) is 20.2. The van der Waals surface area contributed by atoms with E-state index in [1.807, 2.05) is 24.3 Å². The number of hydrazine groups is 1. The summed E-state index contributed by atoms with van der Waals surface area (Å²) in [6.45, 7) is -0.334. The van der Waals surface area contributed by atoms with Crippen molar-refractivity contribution in [1.82, 2.24) is 9.99 Å². The highest BCUT2D eigenvalue weighted by atomic mass is 79.9. The molecule has 0 aliphatic carbocycles. The number of para-hydroxylation sites is 1. The van der Waals surface area contributed by atoms with Crippen LogP contribution < -0.4 is 20.6 Å². The SMILES string of the molecule is NS(=O)(=O)c1ccc(NC(=O)COc2ccc(Br)cc2/C=C2\SC(=S)N(Nc3nc4ccccc4s3)C2=O)cc1. The van der Waals surface area contributed by atoms with Crippen LogP contribution in [0.4, 0.5) is 10.8 Å². The summed E-state index contributed by atoms with van der Waals surface area (Å²) in [6.07, 6.45) is 1.64. The molecule has 1 aromatic heterocycles. The molecule has 3 aromatic carbocycles. The van der Waals surface area contributed by atoms with Crippen molar-refractivity contribution in [2.24, 2.45) is 5.14 Å². The first-order chi connectivity index (χ1) is 19.1. The number of rotatable bonds is 8. The highest BCUT2D eigenvalue weighted by Crippen LogP contribution is 2.36. The number of ether oxygens (including phenoxy) is 1. The van der Waals surface area contributed by atoms with Gasteiger partial charge in [0.15, 0.2) is 10.9 Å². The fourth-order valence-electron chi connectivity index (χ4n) is 3.55. The van der Waals surface area contributed by atoms with Crippen LogP contribution in [0.25, 0.3) is 16.3 Å². The second kappa shape index (κ2) is 11.6. The third kappa shape index (κ3) is 6.51. The molecule has 0 radical (unpaired) electrons. The van der Waals surface area contributed by atoms with Crippen LogP contribution in [0, 0.1) is 0 Å². The van der Waals surface area contributed by atoms with Crippen molar-refractivity contribution in [1.29, 1.82) is 0 Å². The minimum atomic E-state index is -3.84. The van der Waals surface area contributed by atoms with Gasteiger partial charge in [0.2, 0.25) is 15.2 Å². The number of thiazole rings is 1. The Kier molecular flexibility index (Phi) is 8.21. The molecule has 10 nitrogen and oxygen atoms in total. The Morgan fingerprint density at radius 1 is 1.15 bits per heavy atom. The third-order valence-electron chi connectivity index (χ3n) is 5.38. The summed E-state index contributed by atoms with van der Waals surface area (Å²) < 4.78 is 30.6. The molecule has 1 aliphatic rings. The van der Waals surface area contributed by atoms with E-state index in [2.05, 4.69) is 31.7 Å². The predicted molar refractivity (Wildman–Crippen MR) is 164 cm³/mol. The van der Waals surface area contributed by atoms with E-state index in [1.54, 1.807) is 24.3 Å². The topological polar surface area (TPSA) is 144 Å². The number of benzene rings is 3. The van der Waals surface area contributed by atoms with Crippen molar-refractivity contribution in [3.05, 3.63) is 81.7 Å². The number of nitrogens with two attached hydrogens (primary N) is 1. The molecule has 2 heterocycles. The summed E-state index contributed by atoms with van der Waals surface area (Å²) in [5.41, 5.74) is 4.75. The molecule has 204 valence electrons. The zero-order chi connectivity index (χ0) is 28.4. The van der Waals surface area contributed by atoms with E-state index >= 15 is 0 Å². The second-order valence-electron chi connectivity index (χ2n) is 8.20. The lowest BCUT2D eigenvalue weighted by Gasteiger charge is -2.14. The first-order valence-corrected chi connectivity index (χ1v) is 15.7. The normalized spacial score (nSPS) is 14.7. The quantitative estimate of drug-likeness (QED) is 0.175. The summed E-state index contributed by atoms with van der Waals surface area (Å²) in [7, 11) is -3.84. The Morgan fingerprint density at radius 3 is 2.62 bits per heavy atom. The number of sulfonamides is 1. The van der Waals surface area contributed by atoms with Gasteiger partial charge in [-0.3, -0.25) is 15.0 Å². The molecule has 4 N–H and O–H groups in total. The number of halogens is 1. The van der Waals surface area contributed by atoms with Crippen LogP contribution in [-0.2, 0) is 19.6 Å². The van der Waals surface area contributed by atoms with Gasteiger partial charge in [-0.15, -0.1) is 0 Å².